The molecule has 1 aromatic carbocycles. The zero-order chi connectivity index (χ0) is 13.7. The molecule has 19 heavy (non-hydrogen) atoms. The highest BCUT2D eigenvalue weighted by atomic mass is 16.5. The standard InChI is InChI=1S/C17H27NO/c1-13(2)19-16-9-10-17(14(3)11-16)18-12-15-7-5-4-6-8-15/h9-11,13,15,18H,4-8,12H2,1-3H3. The minimum absolute atomic E-state index is 0.237. The van der Waals surface area contributed by atoms with E-state index in [1.807, 2.05) is 0 Å². The molecule has 0 bridgehead atoms. The summed E-state index contributed by atoms with van der Waals surface area (Å²) < 4.78 is 5.72. The molecule has 1 fully saturated rings. The Morgan fingerprint density at radius 3 is 2.58 bits per heavy atom. The van der Waals surface area contributed by atoms with Crippen molar-refractivity contribution in [3.8, 4) is 5.75 Å². The summed E-state index contributed by atoms with van der Waals surface area (Å²) in [5.74, 6) is 1.83. The molecule has 2 nitrogen and oxygen atoms in total. The van der Waals surface area contributed by atoms with Crippen molar-refractivity contribution < 1.29 is 4.74 Å². The predicted octanol–water partition coefficient (Wildman–Crippen LogP) is 4.77. The molecular formula is C17H27NO. The number of hydrogen-bond donors (Lipinski definition) is 1. The SMILES string of the molecule is Cc1cc(OC(C)C)ccc1NCC1CCCCC1. The number of rotatable bonds is 5. The van der Waals surface area contributed by atoms with Gasteiger partial charge in [-0.25, -0.2) is 0 Å². The molecule has 1 aliphatic carbocycles. The molecule has 0 spiro atoms. The van der Waals surface area contributed by atoms with E-state index in [9.17, 15) is 0 Å². The van der Waals surface area contributed by atoms with Crippen LogP contribution < -0.4 is 10.1 Å². The first kappa shape index (κ1) is 14.2. The molecule has 0 heterocycles. The second-order valence-corrected chi connectivity index (χ2v) is 6.03. The summed E-state index contributed by atoms with van der Waals surface area (Å²) in [6.45, 7) is 7.39. The second-order valence-electron chi connectivity index (χ2n) is 6.03. The van der Waals surface area contributed by atoms with Crippen LogP contribution in [0.2, 0.25) is 0 Å². The van der Waals surface area contributed by atoms with Gasteiger partial charge in [-0.2, -0.15) is 0 Å². The van der Waals surface area contributed by atoms with Gasteiger partial charge in [-0.05, 0) is 63.3 Å². The maximum Gasteiger partial charge on any atom is 0.120 e. The lowest BCUT2D eigenvalue weighted by atomic mass is 9.89. The molecule has 2 rings (SSSR count). The second kappa shape index (κ2) is 6.83. The number of ether oxygens (including phenoxy) is 1. The smallest absolute Gasteiger partial charge is 0.120 e. The van der Waals surface area contributed by atoms with Crippen LogP contribution in [0.15, 0.2) is 18.2 Å². The van der Waals surface area contributed by atoms with Crippen molar-refractivity contribution in [3.63, 3.8) is 0 Å². The van der Waals surface area contributed by atoms with Crippen LogP contribution in [0.4, 0.5) is 5.69 Å². The number of nitrogens with one attached hydrogen (secondary N) is 1. The van der Waals surface area contributed by atoms with Crippen molar-refractivity contribution in [1.82, 2.24) is 0 Å². The fourth-order valence-electron chi connectivity index (χ4n) is 2.83. The number of hydrogen-bond acceptors (Lipinski definition) is 2. The normalized spacial score (nSPS) is 16.6. The van der Waals surface area contributed by atoms with E-state index in [1.54, 1.807) is 0 Å². The fraction of sp³-hybridized carbons (Fsp3) is 0.647. The Balaban J connectivity index is 1.89. The maximum atomic E-state index is 5.72. The summed E-state index contributed by atoms with van der Waals surface area (Å²) in [5.41, 5.74) is 2.52. The minimum Gasteiger partial charge on any atom is -0.491 e. The van der Waals surface area contributed by atoms with Gasteiger partial charge in [0.15, 0.2) is 0 Å². The summed E-state index contributed by atoms with van der Waals surface area (Å²) in [7, 11) is 0. The third-order valence-corrected chi connectivity index (χ3v) is 3.88. The van der Waals surface area contributed by atoms with Crippen LogP contribution >= 0.6 is 0 Å². The van der Waals surface area contributed by atoms with E-state index in [0.29, 0.717) is 0 Å². The fourth-order valence-corrected chi connectivity index (χ4v) is 2.83. The van der Waals surface area contributed by atoms with E-state index in [-0.39, 0.29) is 6.10 Å². The molecule has 2 heteroatoms. The highest BCUT2D eigenvalue weighted by molar-refractivity contribution is 5.53. The van der Waals surface area contributed by atoms with E-state index in [4.69, 9.17) is 4.74 Å². The average molecular weight is 261 g/mol. The van der Waals surface area contributed by atoms with Crippen molar-refractivity contribution in [2.45, 2.75) is 59.0 Å². The lowest BCUT2D eigenvalue weighted by molar-refractivity contribution is 0.242. The molecule has 0 aliphatic heterocycles. The van der Waals surface area contributed by atoms with Gasteiger partial charge < -0.3 is 10.1 Å². The van der Waals surface area contributed by atoms with Crippen molar-refractivity contribution >= 4 is 5.69 Å². The highest BCUT2D eigenvalue weighted by Crippen LogP contribution is 2.26. The first-order valence-corrected chi connectivity index (χ1v) is 7.66. The number of anilines is 1. The molecule has 0 amide bonds. The Bertz CT molecular complexity index is 394. The van der Waals surface area contributed by atoms with Gasteiger partial charge in [-0.3, -0.25) is 0 Å². The molecule has 1 aliphatic rings. The Hall–Kier alpha value is -1.18. The maximum absolute atomic E-state index is 5.72. The molecular weight excluding hydrogens is 234 g/mol. The summed E-state index contributed by atoms with van der Waals surface area (Å²) in [6, 6.07) is 6.34. The first-order valence-electron chi connectivity index (χ1n) is 7.66. The van der Waals surface area contributed by atoms with Gasteiger partial charge in [0.1, 0.15) is 5.75 Å². The molecule has 0 unspecified atom stereocenters. The van der Waals surface area contributed by atoms with Crippen molar-refractivity contribution in [2.75, 3.05) is 11.9 Å². The zero-order valence-electron chi connectivity index (χ0n) is 12.5. The molecule has 0 atom stereocenters. The Morgan fingerprint density at radius 2 is 1.95 bits per heavy atom. The van der Waals surface area contributed by atoms with Crippen LogP contribution in [0.3, 0.4) is 0 Å². The third kappa shape index (κ3) is 4.45. The number of aryl methyl sites for hydroxylation is 1. The van der Waals surface area contributed by atoms with Gasteiger partial charge in [-0.15, -0.1) is 0 Å². The van der Waals surface area contributed by atoms with Crippen LogP contribution in [-0.2, 0) is 0 Å². The summed E-state index contributed by atoms with van der Waals surface area (Å²) in [5, 5.41) is 3.61. The quantitative estimate of drug-likeness (QED) is 0.824. The van der Waals surface area contributed by atoms with Gasteiger partial charge in [0.25, 0.3) is 0 Å². The zero-order valence-corrected chi connectivity index (χ0v) is 12.5. The van der Waals surface area contributed by atoms with Crippen molar-refractivity contribution in [3.05, 3.63) is 23.8 Å². The Kier molecular flexibility index (Phi) is 5.12. The molecule has 106 valence electrons. The van der Waals surface area contributed by atoms with Crippen LogP contribution in [0, 0.1) is 12.8 Å². The van der Waals surface area contributed by atoms with E-state index >= 15 is 0 Å². The third-order valence-electron chi connectivity index (χ3n) is 3.88. The number of benzene rings is 1. The molecule has 0 saturated heterocycles. The molecule has 0 aromatic heterocycles. The van der Waals surface area contributed by atoms with E-state index < -0.39 is 0 Å². The highest BCUT2D eigenvalue weighted by Gasteiger charge is 2.13. The molecule has 1 saturated carbocycles. The van der Waals surface area contributed by atoms with Gasteiger partial charge in [0, 0.05) is 12.2 Å². The molecule has 1 N–H and O–H groups in total. The first-order chi connectivity index (χ1) is 9.15. The van der Waals surface area contributed by atoms with Gasteiger partial charge in [0.2, 0.25) is 0 Å². The summed E-state index contributed by atoms with van der Waals surface area (Å²) in [4.78, 5) is 0. The monoisotopic (exact) mass is 261 g/mol. The van der Waals surface area contributed by atoms with Gasteiger partial charge in [-0.1, -0.05) is 19.3 Å². The van der Waals surface area contributed by atoms with Crippen LogP contribution in [0.1, 0.15) is 51.5 Å². The van der Waals surface area contributed by atoms with Gasteiger partial charge >= 0.3 is 0 Å². The van der Waals surface area contributed by atoms with Crippen molar-refractivity contribution in [1.29, 1.82) is 0 Å². The predicted molar refractivity (Wildman–Crippen MR) is 82.0 cm³/mol. The Morgan fingerprint density at radius 1 is 1.21 bits per heavy atom. The van der Waals surface area contributed by atoms with Crippen LogP contribution in [-0.4, -0.2) is 12.6 Å². The van der Waals surface area contributed by atoms with E-state index in [0.717, 1.165) is 18.2 Å². The lowest BCUT2D eigenvalue weighted by Gasteiger charge is -2.23. The lowest BCUT2D eigenvalue weighted by Crippen LogP contribution is -2.17. The molecule has 1 aromatic rings. The topological polar surface area (TPSA) is 21.3 Å². The van der Waals surface area contributed by atoms with E-state index in [1.165, 1.54) is 43.4 Å². The van der Waals surface area contributed by atoms with Crippen molar-refractivity contribution in [2.24, 2.45) is 5.92 Å². The van der Waals surface area contributed by atoms with Gasteiger partial charge in [0.05, 0.1) is 6.10 Å². The van der Waals surface area contributed by atoms with Crippen LogP contribution in [0.5, 0.6) is 5.75 Å². The summed E-state index contributed by atoms with van der Waals surface area (Å²) in [6.07, 6.45) is 7.26. The van der Waals surface area contributed by atoms with E-state index in [2.05, 4.69) is 44.3 Å². The minimum atomic E-state index is 0.237. The van der Waals surface area contributed by atoms with Crippen LogP contribution in [0.25, 0.3) is 0 Å². The molecule has 0 radical (unpaired) electrons. The Labute approximate surface area is 117 Å². The average Bonchev–Trinajstić information content (AvgIpc) is 2.38. The summed E-state index contributed by atoms with van der Waals surface area (Å²) >= 11 is 0. The largest absolute Gasteiger partial charge is 0.491 e.